The van der Waals surface area contributed by atoms with Gasteiger partial charge in [-0.25, -0.2) is 4.98 Å². The first kappa shape index (κ1) is 20.1. The van der Waals surface area contributed by atoms with E-state index in [0.717, 1.165) is 5.56 Å². The number of hydrogen-bond acceptors (Lipinski definition) is 6. The van der Waals surface area contributed by atoms with Gasteiger partial charge in [0.15, 0.2) is 0 Å². The van der Waals surface area contributed by atoms with Crippen LogP contribution >= 0.6 is 0 Å². The third kappa shape index (κ3) is 4.99. The maximum atomic E-state index is 10.9. The van der Waals surface area contributed by atoms with Gasteiger partial charge in [-0.05, 0) is 25.1 Å². The maximum Gasteiger partial charge on any atom is 0.304 e. The van der Waals surface area contributed by atoms with Crippen molar-refractivity contribution in [2.45, 2.75) is 25.9 Å². The molecule has 3 rings (SSSR count). The van der Waals surface area contributed by atoms with E-state index in [1.807, 2.05) is 13.0 Å². The molecule has 1 atom stereocenters. The Bertz CT molecular complexity index is 995. The molecular weight excluding hydrogens is 374 g/mol. The van der Waals surface area contributed by atoms with Gasteiger partial charge in [-0.3, -0.25) is 4.79 Å². The lowest BCUT2D eigenvalue weighted by atomic mass is 9.98. The third-order valence-corrected chi connectivity index (χ3v) is 4.42. The van der Waals surface area contributed by atoms with E-state index < -0.39 is 5.97 Å². The first-order valence-corrected chi connectivity index (χ1v) is 8.95. The Hall–Kier alpha value is -3.66. The molecule has 0 bridgehead atoms. The van der Waals surface area contributed by atoms with E-state index in [-0.39, 0.29) is 18.9 Å². The summed E-state index contributed by atoms with van der Waals surface area (Å²) in [6.07, 6.45) is 10.5. The summed E-state index contributed by atoms with van der Waals surface area (Å²) in [5.74, 6) is 3.82. The summed E-state index contributed by atoms with van der Waals surface area (Å²) >= 11 is 0. The highest BCUT2D eigenvalue weighted by Crippen LogP contribution is 2.38. The number of aromatic nitrogens is 1. The van der Waals surface area contributed by atoms with Gasteiger partial charge in [0.25, 0.3) is 0 Å². The Morgan fingerprint density at radius 3 is 3.00 bits per heavy atom. The number of carboxylic acids is 1. The number of ether oxygens (including phenoxy) is 3. The molecule has 1 aromatic heterocycles. The van der Waals surface area contributed by atoms with Gasteiger partial charge in [0.1, 0.15) is 30.1 Å². The molecule has 150 valence electrons. The second kappa shape index (κ2) is 9.02. The van der Waals surface area contributed by atoms with Gasteiger partial charge < -0.3 is 23.7 Å². The van der Waals surface area contributed by atoms with E-state index in [1.54, 1.807) is 31.4 Å². The van der Waals surface area contributed by atoms with Crippen LogP contribution in [0, 0.1) is 12.3 Å². The number of terminal acetylenes is 1. The largest absolute Gasteiger partial charge is 0.501 e. The first-order chi connectivity index (χ1) is 14.0. The zero-order chi connectivity index (χ0) is 20.8. The first-order valence-electron chi connectivity index (χ1n) is 8.95. The van der Waals surface area contributed by atoms with Crippen LogP contribution in [-0.2, 0) is 16.1 Å². The molecule has 1 aliphatic heterocycles. The molecule has 1 N–H and O–H groups in total. The van der Waals surface area contributed by atoms with Crippen molar-refractivity contribution >= 4 is 11.5 Å². The van der Waals surface area contributed by atoms with Crippen LogP contribution in [0.3, 0.4) is 0 Å². The van der Waals surface area contributed by atoms with Crippen LogP contribution in [0.1, 0.15) is 36.4 Å². The fraction of sp³-hybridized carbons (Fsp3) is 0.273. The van der Waals surface area contributed by atoms with E-state index in [0.29, 0.717) is 41.0 Å². The van der Waals surface area contributed by atoms with E-state index in [1.165, 1.54) is 6.26 Å². The minimum absolute atomic E-state index is 0.0407. The molecular formula is C22H21NO6. The number of hydrogen-bond donors (Lipinski definition) is 1. The topological polar surface area (TPSA) is 91.0 Å². The summed E-state index contributed by atoms with van der Waals surface area (Å²) in [5.41, 5.74) is 1.95. The number of nitrogens with zero attached hydrogens (tertiary/aromatic N) is 1. The third-order valence-electron chi connectivity index (χ3n) is 4.42. The molecule has 0 saturated carbocycles. The zero-order valence-corrected chi connectivity index (χ0v) is 16.2. The summed E-state index contributed by atoms with van der Waals surface area (Å²) in [6.45, 7) is 2.35. The molecule has 0 aliphatic carbocycles. The molecule has 0 amide bonds. The van der Waals surface area contributed by atoms with Gasteiger partial charge in [-0.15, -0.1) is 6.42 Å². The highest BCUT2D eigenvalue weighted by Gasteiger charge is 2.26. The zero-order valence-electron chi connectivity index (χ0n) is 16.2. The van der Waals surface area contributed by atoms with E-state index in [9.17, 15) is 4.79 Å². The number of rotatable bonds is 8. The van der Waals surface area contributed by atoms with Crippen molar-refractivity contribution in [1.29, 1.82) is 0 Å². The van der Waals surface area contributed by atoms with Crippen LogP contribution in [0.5, 0.6) is 11.5 Å². The van der Waals surface area contributed by atoms with Crippen molar-refractivity contribution in [3.05, 3.63) is 59.5 Å². The fourth-order valence-corrected chi connectivity index (χ4v) is 2.83. The molecule has 7 heteroatoms. The van der Waals surface area contributed by atoms with Crippen molar-refractivity contribution in [1.82, 2.24) is 4.98 Å². The Kier molecular flexibility index (Phi) is 6.25. The smallest absolute Gasteiger partial charge is 0.304 e. The molecule has 29 heavy (non-hydrogen) atoms. The standard InChI is InChI=1S/C22H21NO6/c1-4-15(6-5-14(2)26-3)22-23-17(13-29-22)12-27-18-7-8-19-16(9-21(24)25)11-28-20(19)10-18/h1,5-8,10,13,16H,9,11-12H2,2-3H3,(H,24,25)/b14-5+,15-6+. The van der Waals surface area contributed by atoms with Crippen molar-refractivity contribution in [3.8, 4) is 23.8 Å². The van der Waals surface area contributed by atoms with E-state index in [2.05, 4.69) is 10.9 Å². The second-order valence-corrected chi connectivity index (χ2v) is 6.44. The predicted octanol–water partition coefficient (Wildman–Crippen LogP) is 3.77. The molecule has 1 unspecified atom stereocenters. The van der Waals surface area contributed by atoms with E-state index >= 15 is 0 Å². The number of allylic oxidation sites excluding steroid dienone is 4. The van der Waals surface area contributed by atoms with Crippen LogP contribution in [0.15, 0.2) is 46.8 Å². The number of methoxy groups -OCH3 is 1. The Morgan fingerprint density at radius 2 is 2.28 bits per heavy atom. The lowest BCUT2D eigenvalue weighted by Gasteiger charge is -2.07. The molecule has 0 spiro atoms. The lowest BCUT2D eigenvalue weighted by Crippen LogP contribution is -2.07. The summed E-state index contributed by atoms with van der Waals surface area (Å²) < 4.78 is 21.9. The van der Waals surface area contributed by atoms with Crippen molar-refractivity contribution < 1.29 is 28.5 Å². The van der Waals surface area contributed by atoms with Gasteiger partial charge in [-0.2, -0.15) is 0 Å². The van der Waals surface area contributed by atoms with Gasteiger partial charge in [0.05, 0.1) is 31.5 Å². The number of fused-ring (bicyclic) bond motifs is 1. The van der Waals surface area contributed by atoms with Gasteiger partial charge in [0.2, 0.25) is 5.89 Å². The normalized spacial score (nSPS) is 16.0. The monoisotopic (exact) mass is 395 g/mol. The van der Waals surface area contributed by atoms with Gasteiger partial charge in [0, 0.05) is 17.5 Å². The highest BCUT2D eigenvalue weighted by molar-refractivity contribution is 5.74. The van der Waals surface area contributed by atoms with Crippen LogP contribution in [0.2, 0.25) is 0 Å². The number of benzene rings is 1. The highest BCUT2D eigenvalue weighted by atomic mass is 16.5. The summed E-state index contributed by atoms with van der Waals surface area (Å²) in [7, 11) is 1.58. The molecule has 7 nitrogen and oxygen atoms in total. The van der Waals surface area contributed by atoms with Crippen molar-refractivity contribution in [2.75, 3.05) is 13.7 Å². The van der Waals surface area contributed by atoms with Gasteiger partial charge in [-0.1, -0.05) is 12.0 Å². The van der Waals surface area contributed by atoms with E-state index in [4.69, 9.17) is 30.2 Å². The number of aliphatic carboxylic acids is 1. The average molecular weight is 395 g/mol. The molecule has 0 saturated heterocycles. The Morgan fingerprint density at radius 1 is 1.45 bits per heavy atom. The minimum Gasteiger partial charge on any atom is -0.501 e. The average Bonchev–Trinajstić information content (AvgIpc) is 3.33. The Balaban J connectivity index is 1.65. The minimum atomic E-state index is -0.845. The summed E-state index contributed by atoms with van der Waals surface area (Å²) in [5, 5.41) is 8.97. The van der Waals surface area contributed by atoms with Crippen molar-refractivity contribution in [3.63, 3.8) is 0 Å². The molecule has 0 radical (unpaired) electrons. The number of carbonyl (C=O) groups is 1. The molecule has 2 aromatic rings. The quantitative estimate of drug-likeness (QED) is 0.413. The van der Waals surface area contributed by atoms with Crippen LogP contribution < -0.4 is 9.47 Å². The number of carboxylic acid groups (broad SMARTS) is 1. The Labute approximate surface area is 168 Å². The predicted molar refractivity (Wildman–Crippen MR) is 105 cm³/mol. The molecule has 0 fully saturated rings. The second-order valence-electron chi connectivity index (χ2n) is 6.44. The fourth-order valence-electron chi connectivity index (χ4n) is 2.83. The molecule has 2 heterocycles. The maximum absolute atomic E-state index is 10.9. The summed E-state index contributed by atoms with van der Waals surface area (Å²) in [6, 6.07) is 5.38. The number of oxazole rings is 1. The summed E-state index contributed by atoms with van der Waals surface area (Å²) in [4.78, 5) is 15.3. The van der Waals surface area contributed by atoms with Crippen molar-refractivity contribution in [2.24, 2.45) is 0 Å². The SMILES string of the molecule is C#C/C(=C\C=C(/C)OC)c1nc(COc2ccc3c(c2)OCC3CC(=O)O)co1. The van der Waals surface area contributed by atoms with Crippen LogP contribution in [0.25, 0.3) is 5.57 Å². The lowest BCUT2D eigenvalue weighted by molar-refractivity contribution is -0.137. The molecule has 1 aromatic carbocycles. The van der Waals surface area contributed by atoms with Gasteiger partial charge >= 0.3 is 5.97 Å². The van der Waals surface area contributed by atoms with Crippen LogP contribution in [-0.4, -0.2) is 29.8 Å². The molecule has 1 aliphatic rings. The van der Waals surface area contributed by atoms with Crippen LogP contribution in [0.4, 0.5) is 0 Å².